The smallest absolute Gasteiger partial charge is 0.241 e. The molecule has 0 spiro atoms. The van der Waals surface area contributed by atoms with Gasteiger partial charge in [-0.05, 0) is 19.3 Å². The van der Waals surface area contributed by atoms with Crippen molar-refractivity contribution >= 4 is 11.8 Å². The van der Waals surface area contributed by atoms with Crippen LogP contribution in [0.2, 0.25) is 0 Å². The number of hydrogen-bond acceptors (Lipinski definition) is 3. The summed E-state index contributed by atoms with van der Waals surface area (Å²) in [6, 6.07) is 0. The van der Waals surface area contributed by atoms with Crippen LogP contribution in [0, 0.1) is 5.41 Å². The van der Waals surface area contributed by atoms with Crippen LogP contribution < -0.4 is 5.73 Å². The zero-order valence-corrected chi connectivity index (χ0v) is 9.74. The molecule has 2 fully saturated rings. The molecule has 2 amide bonds. The highest BCUT2D eigenvalue weighted by atomic mass is 16.2. The van der Waals surface area contributed by atoms with Crippen molar-refractivity contribution in [1.29, 1.82) is 0 Å². The highest BCUT2D eigenvalue weighted by molar-refractivity contribution is 5.90. The average molecular weight is 225 g/mol. The summed E-state index contributed by atoms with van der Waals surface area (Å²) in [5, 5.41) is 0. The van der Waals surface area contributed by atoms with Gasteiger partial charge in [-0.3, -0.25) is 9.59 Å². The summed E-state index contributed by atoms with van der Waals surface area (Å²) in [5.74, 6) is 0.109. The number of likely N-dealkylation sites (N-methyl/N-ethyl adjacent to an activating group) is 1. The van der Waals surface area contributed by atoms with Gasteiger partial charge in [0.25, 0.3) is 0 Å². The van der Waals surface area contributed by atoms with Crippen molar-refractivity contribution in [2.24, 2.45) is 11.1 Å². The molecule has 0 radical (unpaired) electrons. The minimum absolute atomic E-state index is 0.0265. The van der Waals surface area contributed by atoms with E-state index in [-0.39, 0.29) is 23.8 Å². The fourth-order valence-electron chi connectivity index (χ4n) is 2.15. The molecule has 2 N–H and O–H groups in total. The summed E-state index contributed by atoms with van der Waals surface area (Å²) in [6.07, 6.45) is 2.61. The number of nitrogens with two attached hydrogens (primary N) is 1. The van der Waals surface area contributed by atoms with Gasteiger partial charge in [-0.2, -0.15) is 0 Å². The summed E-state index contributed by atoms with van der Waals surface area (Å²) >= 11 is 0. The maximum Gasteiger partial charge on any atom is 0.241 e. The van der Waals surface area contributed by atoms with Gasteiger partial charge in [0, 0.05) is 26.7 Å². The molecular weight excluding hydrogens is 206 g/mol. The number of carbonyl (C=O) groups is 2. The van der Waals surface area contributed by atoms with Gasteiger partial charge in [0.2, 0.25) is 11.8 Å². The van der Waals surface area contributed by atoms with Crippen LogP contribution in [0.3, 0.4) is 0 Å². The normalized spacial score (nSPS) is 24.2. The third kappa shape index (κ3) is 1.91. The molecule has 5 nitrogen and oxygen atoms in total. The average Bonchev–Trinajstić information content (AvgIpc) is 3.07. The highest BCUT2D eigenvalue weighted by Gasteiger charge is 2.50. The predicted octanol–water partition coefficient (Wildman–Crippen LogP) is -0.584. The van der Waals surface area contributed by atoms with Gasteiger partial charge in [0.1, 0.15) is 0 Å². The minimum Gasteiger partial charge on any atom is -0.344 e. The molecule has 5 heteroatoms. The molecule has 0 atom stereocenters. The van der Waals surface area contributed by atoms with Gasteiger partial charge in [-0.15, -0.1) is 0 Å². The quantitative estimate of drug-likeness (QED) is 0.683. The standard InChI is InChI=1S/C11H19N3O2/c1-13-5-2-6-14(7-9(13)15)10(16)11(8-12)3-4-11/h2-8,12H2,1H3. The summed E-state index contributed by atoms with van der Waals surface area (Å²) in [6.45, 7) is 2.04. The molecule has 2 aliphatic rings. The lowest BCUT2D eigenvalue weighted by molar-refractivity contribution is -0.141. The monoisotopic (exact) mass is 225 g/mol. The number of carbonyl (C=O) groups excluding carboxylic acids is 2. The molecule has 0 aromatic rings. The molecule has 90 valence electrons. The lowest BCUT2D eigenvalue weighted by Gasteiger charge is -2.24. The maximum atomic E-state index is 12.2. The second kappa shape index (κ2) is 4.05. The molecule has 2 rings (SSSR count). The van der Waals surface area contributed by atoms with Gasteiger partial charge < -0.3 is 15.5 Å². The van der Waals surface area contributed by atoms with Crippen LogP contribution in [0.1, 0.15) is 19.3 Å². The first-order valence-electron chi connectivity index (χ1n) is 5.82. The van der Waals surface area contributed by atoms with Crippen LogP contribution in [0.4, 0.5) is 0 Å². The van der Waals surface area contributed by atoms with Crippen molar-refractivity contribution in [1.82, 2.24) is 9.80 Å². The fraction of sp³-hybridized carbons (Fsp3) is 0.818. The Balaban J connectivity index is 2.04. The van der Waals surface area contributed by atoms with E-state index >= 15 is 0 Å². The second-order valence-electron chi connectivity index (χ2n) is 4.88. The van der Waals surface area contributed by atoms with Crippen LogP contribution in [-0.4, -0.2) is 54.8 Å². The number of rotatable bonds is 2. The molecule has 0 aromatic carbocycles. The lowest BCUT2D eigenvalue weighted by Crippen LogP contribution is -2.43. The van der Waals surface area contributed by atoms with Crippen molar-refractivity contribution in [3.63, 3.8) is 0 Å². The van der Waals surface area contributed by atoms with E-state index in [1.165, 1.54) is 0 Å². The largest absolute Gasteiger partial charge is 0.344 e. The Morgan fingerprint density at radius 2 is 2.12 bits per heavy atom. The summed E-state index contributed by atoms with van der Waals surface area (Å²) in [7, 11) is 1.78. The molecular formula is C11H19N3O2. The predicted molar refractivity (Wildman–Crippen MR) is 59.6 cm³/mol. The zero-order chi connectivity index (χ0) is 11.8. The van der Waals surface area contributed by atoms with Crippen molar-refractivity contribution in [3.8, 4) is 0 Å². The molecule has 16 heavy (non-hydrogen) atoms. The van der Waals surface area contributed by atoms with Crippen LogP contribution in [-0.2, 0) is 9.59 Å². The van der Waals surface area contributed by atoms with Crippen molar-refractivity contribution in [2.75, 3.05) is 33.2 Å². The van der Waals surface area contributed by atoms with Crippen molar-refractivity contribution < 1.29 is 9.59 Å². The van der Waals surface area contributed by atoms with Crippen LogP contribution in [0.15, 0.2) is 0 Å². The summed E-state index contributed by atoms with van der Waals surface area (Å²) < 4.78 is 0. The topological polar surface area (TPSA) is 66.6 Å². The van der Waals surface area contributed by atoms with Gasteiger partial charge in [0.15, 0.2) is 0 Å². The zero-order valence-electron chi connectivity index (χ0n) is 9.74. The Morgan fingerprint density at radius 3 is 2.69 bits per heavy atom. The molecule has 0 bridgehead atoms. The Bertz CT molecular complexity index is 312. The van der Waals surface area contributed by atoms with E-state index in [4.69, 9.17) is 5.73 Å². The SMILES string of the molecule is CN1CCCN(C(=O)C2(CN)CC2)CC1=O. The van der Waals surface area contributed by atoms with Crippen molar-refractivity contribution in [2.45, 2.75) is 19.3 Å². The first kappa shape index (κ1) is 11.4. The third-order valence-corrected chi connectivity index (χ3v) is 3.66. The van der Waals surface area contributed by atoms with Crippen LogP contribution in [0.25, 0.3) is 0 Å². The van der Waals surface area contributed by atoms with Gasteiger partial charge in [-0.25, -0.2) is 0 Å². The Hall–Kier alpha value is -1.10. The van der Waals surface area contributed by atoms with Crippen LogP contribution in [0.5, 0.6) is 0 Å². The van der Waals surface area contributed by atoms with E-state index in [1.807, 2.05) is 0 Å². The second-order valence-corrected chi connectivity index (χ2v) is 4.88. The Labute approximate surface area is 95.6 Å². The summed E-state index contributed by atoms with van der Waals surface area (Å²) in [5.41, 5.74) is 5.30. The van der Waals surface area contributed by atoms with E-state index in [2.05, 4.69) is 0 Å². The Morgan fingerprint density at radius 1 is 1.44 bits per heavy atom. The first-order chi connectivity index (χ1) is 7.59. The van der Waals surface area contributed by atoms with E-state index in [0.29, 0.717) is 13.1 Å². The molecule has 0 unspecified atom stereocenters. The first-order valence-corrected chi connectivity index (χ1v) is 5.82. The maximum absolute atomic E-state index is 12.2. The van der Waals surface area contributed by atoms with E-state index in [1.54, 1.807) is 16.8 Å². The minimum atomic E-state index is -0.330. The summed E-state index contributed by atoms with van der Waals surface area (Å²) in [4.78, 5) is 27.2. The molecule has 1 heterocycles. The fourth-order valence-corrected chi connectivity index (χ4v) is 2.15. The highest BCUT2D eigenvalue weighted by Crippen LogP contribution is 2.46. The number of hydrogen-bond donors (Lipinski definition) is 1. The van der Waals surface area contributed by atoms with E-state index < -0.39 is 0 Å². The van der Waals surface area contributed by atoms with E-state index in [0.717, 1.165) is 25.8 Å². The lowest BCUT2D eigenvalue weighted by atomic mass is 10.1. The molecule has 1 aliphatic carbocycles. The van der Waals surface area contributed by atoms with Crippen LogP contribution >= 0.6 is 0 Å². The molecule has 1 saturated heterocycles. The molecule has 1 aliphatic heterocycles. The third-order valence-electron chi connectivity index (χ3n) is 3.66. The number of nitrogens with zero attached hydrogens (tertiary/aromatic N) is 2. The van der Waals surface area contributed by atoms with Gasteiger partial charge in [-0.1, -0.05) is 0 Å². The van der Waals surface area contributed by atoms with E-state index in [9.17, 15) is 9.59 Å². The van der Waals surface area contributed by atoms with Gasteiger partial charge >= 0.3 is 0 Å². The molecule has 1 saturated carbocycles. The molecule has 0 aromatic heterocycles. The van der Waals surface area contributed by atoms with Gasteiger partial charge in [0.05, 0.1) is 12.0 Å². The number of amides is 2. The van der Waals surface area contributed by atoms with Crippen molar-refractivity contribution in [3.05, 3.63) is 0 Å². The Kier molecular flexibility index (Phi) is 2.88.